The highest BCUT2D eigenvalue weighted by atomic mass is 16.6. The second-order valence-electron chi connectivity index (χ2n) is 12.3. The van der Waals surface area contributed by atoms with Gasteiger partial charge in [-0.15, -0.1) is 6.58 Å². The first-order valence-corrected chi connectivity index (χ1v) is 14.9. The highest BCUT2D eigenvalue weighted by molar-refractivity contribution is 6.38. The summed E-state index contributed by atoms with van der Waals surface area (Å²) in [6, 6.07) is -2.49. The molecule has 2 aliphatic carbocycles. The number of likely N-dealkylation sites (N-methyl/N-ethyl adjacent to an activating group) is 1. The molecule has 0 bridgehead atoms. The third kappa shape index (κ3) is 6.52. The maximum Gasteiger partial charge on any atom is 0.410 e. The third-order valence-corrected chi connectivity index (χ3v) is 9.28. The number of Topliss-reactive ketones (excluding diaryl/α,β-unsaturated/α-hetero) is 1. The summed E-state index contributed by atoms with van der Waals surface area (Å²) in [7, 11) is 1.61. The van der Waals surface area contributed by atoms with Gasteiger partial charge in [0.1, 0.15) is 18.2 Å². The molecule has 0 spiro atoms. The molecule has 3 aliphatic rings. The SMILES string of the molecule is C=CCNC(=O)C(=O)C(CCC)NC(=O)C1C2C(CN1C(=O)C(C1CCCC1)N(C)C(=O)OC(C)CC)C2(C)C. The molecule has 10 heteroatoms. The summed E-state index contributed by atoms with van der Waals surface area (Å²) in [5, 5.41) is 5.30. The number of ketones is 1. The summed E-state index contributed by atoms with van der Waals surface area (Å²) in [5.41, 5.74) is -0.130. The lowest BCUT2D eigenvalue weighted by molar-refractivity contribution is -0.146. The number of carbonyl (C=O) groups is 5. The van der Waals surface area contributed by atoms with E-state index in [1.54, 1.807) is 11.9 Å². The number of likely N-dealkylation sites (tertiary alicyclic amines) is 1. The molecule has 10 nitrogen and oxygen atoms in total. The molecule has 2 N–H and O–H groups in total. The van der Waals surface area contributed by atoms with Crippen LogP contribution in [0.3, 0.4) is 0 Å². The Balaban J connectivity index is 1.85. The molecule has 3 fully saturated rings. The first kappa shape index (κ1) is 31.6. The van der Waals surface area contributed by atoms with Crippen molar-refractivity contribution >= 4 is 29.6 Å². The first-order valence-electron chi connectivity index (χ1n) is 14.9. The van der Waals surface area contributed by atoms with Crippen molar-refractivity contribution < 1.29 is 28.7 Å². The maximum atomic E-state index is 14.3. The van der Waals surface area contributed by atoms with Crippen LogP contribution < -0.4 is 10.6 Å². The Labute approximate surface area is 238 Å². The van der Waals surface area contributed by atoms with Gasteiger partial charge in [0.05, 0.1) is 6.04 Å². The fourth-order valence-corrected chi connectivity index (χ4v) is 6.62. The van der Waals surface area contributed by atoms with Crippen LogP contribution in [0, 0.1) is 23.2 Å². The van der Waals surface area contributed by atoms with Crippen LogP contribution in [0.5, 0.6) is 0 Å². The molecule has 1 saturated heterocycles. The highest BCUT2D eigenvalue weighted by Gasteiger charge is 2.70. The highest BCUT2D eigenvalue weighted by Crippen LogP contribution is 2.65. The van der Waals surface area contributed by atoms with E-state index in [-0.39, 0.29) is 41.7 Å². The number of carbonyl (C=O) groups excluding carboxylic acids is 5. The molecular weight excluding hydrogens is 512 g/mol. The summed E-state index contributed by atoms with van der Waals surface area (Å²) in [6.45, 7) is 13.9. The summed E-state index contributed by atoms with van der Waals surface area (Å²) < 4.78 is 5.56. The van der Waals surface area contributed by atoms with Crippen molar-refractivity contribution in [3.63, 3.8) is 0 Å². The van der Waals surface area contributed by atoms with Crippen molar-refractivity contribution in [2.45, 2.75) is 104 Å². The Morgan fingerprint density at radius 1 is 1.15 bits per heavy atom. The Morgan fingerprint density at radius 3 is 2.38 bits per heavy atom. The molecule has 224 valence electrons. The Kier molecular flexibility index (Phi) is 10.4. The molecule has 6 atom stereocenters. The van der Waals surface area contributed by atoms with E-state index in [0.29, 0.717) is 25.8 Å². The third-order valence-electron chi connectivity index (χ3n) is 9.28. The minimum Gasteiger partial charge on any atom is -0.446 e. The summed E-state index contributed by atoms with van der Waals surface area (Å²) in [4.78, 5) is 69.4. The van der Waals surface area contributed by atoms with Crippen LogP contribution in [-0.2, 0) is 23.9 Å². The van der Waals surface area contributed by atoms with Crippen LogP contribution in [-0.4, -0.2) is 83.8 Å². The van der Waals surface area contributed by atoms with Crippen LogP contribution in [0.25, 0.3) is 0 Å². The van der Waals surface area contributed by atoms with Gasteiger partial charge < -0.3 is 20.3 Å². The monoisotopic (exact) mass is 560 g/mol. The summed E-state index contributed by atoms with van der Waals surface area (Å²) in [5.74, 6) is -2.10. The first-order chi connectivity index (χ1) is 18.9. The Bertz CT molecular complexity index is 991. The van der Waals surface area contributed by atoms with E-state index >= 15 is 0 Å². The molecule has 1 heterocycles. The lowest BCUT2D eigenvalue weighted by atomic mass is 9.93. The van der Waals surface area contributed by atoms with Gasteiger partial charge in [0.2, 0.25) is 17.6 Å². The van der Waals surface area contributed by atoms with Crippen molar-refractivity contribution in [2.24, 2.45) is 23.2 Å². The van der Waals surface area contributed by atoms with E-state index < -0.39 is 41.8 Å². The fourth-order valence-electron chi connectivity index (χ4n) is 6.62. The lowest BCUT2D eigenvalue weighted by Crippen LogP contribution is -2.59. The van der Waals surface area contributed by atoms with Gasteiger partial charge >= 0.3 is 6.09 Å². The number of nitrogens with one attached hydrogen (secondary N) is 2. The number of fused-ring (bicyclic) bond motifs is 1. The lowest BCUT2D eigenvalue weighted by Gasteiger charge is -2.38. The van der Waals surface area contributed by atoms with Crippen molar-refractivity contribution in [1.82, 2.24) is 20.4 Å². The van der Waals surface area contributed by atoms with Crippen LogP contribution in [0.2, 0.25) is 0 Å². The number of rotatable bonds is 13. The van der Waals surface area contributed by atoms with Crippen molar-refractivity contribution in [3.8, 4) is 0 Å². The largest absolute Gasteiger partial charge is 0.446 e. The normalized spacial score (nSPS) is 25.2. The van der Waals surface area contributed by atoms with Gasteiger partial charge in [-0.25, -0.2) is 4.79 Å². The molecule has 1 aliphatic heterocycles. The van der Waals surface area contributed by atoms with E-state index in [0.717, 1.165) is 25.7 Å². The van der Waals surface area contributed by atoms with Crippen molar-refractivity contribution in [1.29, 1.82) is 0 Å². The molecule has 4 amide bonds. The van der Waals surface area contributed by atoms with Crippen LogP contribution in [0.4, 0.5) is 4.79 Å². The number of hydrogen-bond acceptors (Lipinski definition) is 6. The maximum absolute atomic E-state index is 14.3. The van der Waals surface area contributed by atoms with E-state index in [1.807, 2.05) is 20.8 Å². The zero-order chi connectivity index (χ0) is 29.8. The summed E-state index contributed by atoms with van der Waals surface area (Å²) >= 11 is 0. The van der Waals surface area contributed by atoms with Gasteiger partial charge in [-0.3, -0.25) is 24.1 Å². The van der Waals surface area contributed by atoms with E-state index in [1.165, 1.54) is 11.0 Å². The van der Waals surface area contributed by atoms with E-state index in [2.05, 4.69) is 31.1 Å². The van der Waals surface area contributed by atoms with Crippen LogP contribution >= 0.6 is 0 Å². The average molecular weight is 561 g/mol. The molecule has 40 heavy (non-hydrogen) atoms. The Morgan fingerprint density at radius 2 is 1.80 bits per heavy atom. The smallest absolute Gasteiger partial charge is 0.410 e. The number of hydrogen-bond donors (Lipinski definition) is 2. The van der Waals surface area contributed by atoms with Gasteiger partial charge in [-0.1, -0.05) is 53.0 Å². The van der Waals surface area contributed by atoms with Crippen molar-refractivity contribution in [3.05, 3.63) is 12.7 Å². The number of piperidine rings is 1. The second-order valence-corrected chi connectivity index (χ2v) is 12.3. The minimum absolute atomic E-state index is 0.0152. The second kappa shape index (κ2) is 13.2. The number of nitrogens with zero attached hydrogens (tertiary/aromatic N) is 2. The van der Waals surface area contributed by atoms with Gasteiger partial charge in [-0.05, 0) is 55.8 Å². The topological polar surface area (TPSA) is 125 Å². The molecule has 6 unspecified atom stereocenters. The zero-order valence-electron chi connectivity index (χ0n) is 25.0. The van der Waals surface area contributed by atoms with Gasteiger partial charge in [0.15, 0.2) is 0 Å². The molecule has 0 aromatic rings. The summed E-state index contributed by atoms with van der Waals surface area (Å²) in [6.07, 6.45) is 5.85. The van der Waals surface area contributed by atoms with Crippen LogP contribution in [0.1, 0.15) is 79.6 Å². The predicted molar refractivity (Wildman–Crippen MR) is 151 cm³/mol. The zero-order valence-corrected chi connectivity index (χ0v) is 25.0. The minimum atomic E-state index is -0.987. The van der Waals surface area contributed by atoms with Gasteiger partial charge in [0.25, 0.3) is 5.91 Å². The quantitative estimate of drug-likeness (QED) is 0.264. The molecule has 0 aromatic heterocycles. The molecule has 0 radical (unpaired) electrons. The molecule has 3 rings (SSSR count). The van der Waals surface area contributed by atoms with E-state index in [4.69, 9.17) is 4.74 Å². The molecule has 0 aromatic carbocycles. The standard InChI is InChI=1S/C30H48N4O6/c1-8-13-21(25(35)27(37)31-16-9-2)32-26(36)24-22-20(30(22,5)6)17-34(24)28(38)23(19-14-11-12-15-19)33(7)29(39)40-18(4)10-3/h9,18-24H,2,8,10-17H2,1,3-7H3,(H,31,37)(H,32,36). The number of ether oxygens (including phenoxy) is 1. The van der Waals surface area contributed by atoms with Crippen molar-refractivity contribution in [2.75, 3.05) is 20.1 Å². The Hall–Kier alpha value is -2.91. The van der Waals surface area contributed by atoms with Gasteiger partial charge in [-0.2, -0.15) is 0 Å². The molecular formula is C30H48N4O6. The number of amides is 4. The predicted octanol–water partition coefficient (Wildman–Crippen LogP) is 3.05. The average Bonchev–Trinajstić information content (AvgIpc) is 3.37. The van der Waals surface area contributed by atoms with E-state index in [9.17, 15) is 24.0 Å². The van der Waals surface area contributed by atoms with Crippen LogP contribution in [0.15, 0.2) is 12.7 Å². The van der Waals surface area contributed by atoms with Gasteiger partial charge in [0, 0.05) is 20.1 Å². The fraction of sp³-hybridized carbons (Fsp3) is 0.767. The molecule has 2 saturated carbocycles.